The van der Waals surface area contributed by atoms with Crippen LogP contribution in [0.2, 0.25) is 0 Å². The third-order valence-corrected chi connectivity index (χ3v) is 4.92. The van der Waals surface area contributed by atoms with Crippen molar-refractivity contribution < 1.29 is 0 Å². The Morgan fingerprint density at radius 2 is 2.20 bits per heavy atom. The molecule has 0 fully saturated rings. The van der Waals surface area contributed by atoms with Crippen LogP contribution in [0.3, 0.4) is 0 Å². The first-order valence-corrected chi connectivity index (χ1v) is 8.19. The number of aryl methyl sites for hydroxylation is 4. The zero-order valence-corrected chi connectivity index (χ0v) is 13.8. The van der Waals surface area contributed by atoms with Crippen molar-refractivity contribution in [3.8, 4) is 0 Å². The molecule has 0 saturated heterocycles. The number of thiophene rings is 1. The van der Waals surface area contributed by atoms with Crippen LogP contribution in [0.15, 0.2) is 18.5 Å². The van der Waals surface area contributed by atoms with E-state index < -0.39 is 0 Å². The average molecular weight is 291 g/mol. The van der Waals surface area contributed by atoms with E-state index in [2.05, 4.69) is 43.4 Å². The van der Waals surface area contributed by atoms with Crippen molar-refractivity contribution in [1.29, 1.82) is 0 Å². The summed E-state index contributed by atoms with van der Waals surface area (Å²) >= 11 is 1.93. The molecule has 0 aliphatic heterocycles. The first-order valence-electron chi connectivity index (χ1n) is 7.38. The van der Waals surface area contributed by atoms with Crippen molar-refractivity contribution in [2.75, 3.05) is 6.54 Å². The Labute approximate surface area is 126 Å². The fourth-order valence-electron chi connectivity index (χ4n) is 2.35. The first-order chi connectivity index (χ1) is 9.60. The lowest BCUT2D eigenvalue weighted by molar-refractivity contribution is 0.506. The van der Waals surface area contributed by atoms with Crippen LogP contribution in [-0.2, 0) is 13.5 Å². The highest BCUT2D eigenvalue weighted by atomic mass is 32.1. The molecule has 2 aromatic rings. The standard InChI is InChI=1S/C16H25N3S/c1-5-8-17-15(16-9-12(2)13(3)20-16)7-6-14-10-18-19(4)11-14/h9-11,15,17H,5-8H2,1-4H3. The van der Waals surface area contributed by atoms with Crippen molar-refractivity contribution in [3.05, 3.63) is 39.3 Å². The van der Waals surface area contributed by atoms with Crippen molar-refractivity contribution >= 4 is 11.3 Å². The van der Waals surface area contributed by atoms with E-state index in [4.69, 9.17) is 0 Å². The van der Waals surface area contributed by atoms with E-state index >= 15 is 0 Å². The summed E-state index contributed by atoms with van der Waals surface area (Å²) in [5.41, 5.74) is 2.73. The fraction of sp³-hybridized carbons (Fsp3) is 0.562. The normalized spacial score (nSPS) is 12.8. The molecule has 1 N–H and O–H groups in total. The zero-order chi connectivity index (χ0) is 14.5. The van der Waals surface area contributed by atoms with Crippen molar-refractivity contribution in [2.45, 2.75) is 46.1 Å². The molecule has 4 heteroatoms. The Morgan fingerprint density at radius 3 is 2.75 bits per heavy atom. The molecular weight excluding hydrogens is 266 g/mol. The van der Waals surface area contributed by atoms with E-state index in [1.165, 1.54) is 27.3 Å². The Balaban J connectivity index is 2.03. The Bertz CT molecular complexity index is 522. The Hall–Kier alpha value is -1.13. The number of rotatable bonds is 7. The number of nitrogens with zero attached hydrogens (tertiary/aromatic N) is 2. The van der Waals surface area contributed by atoms with Crippen LogP contribution in [0.25, 0.3) is 0 Å². The highest BCUT2D eigenvalue weighted by Gasteiger charge is 2.14. The summed E-state index contributed by atoms with van der Waals surface area (Å²) in [4.78, 5) is 2.90. The maximum absolute atomic E-state index is 4.25. The van der Waals surface area contributed by atoms with Gasteiger partial charge in [0.15, 0.2) is 0 Å². The van der Waals surface area contributed by atoms with Gasteiger partial charge < -0.3 is 5.32 Å². The third kappa shape index (κ3) is 3.93. The quantitative estimate of drug-likeness (QED) is 0.841. The summed E-state index contributed by atoms with van der Waals surface area (Å²) in [6, 6.07) is 2.81. The molecule has 0 radical (unpaired) electrons. The molecule has 0 saturated carbocycles. The second kappa shape index (κ2) is 7.04. The molecule has 0 aliphatic carbocycles. The minimum absolute atomic E-state index is 0.465. The van der Waals surface area contributed by atoms with Crippen LogP contribution in [-0.4, -0.2) is 16.3 Å². The molecule has 0 amide bonds. The minimum atomic E-state index is 0.465. The van der Waals surface area contributed by atoms with Gasteiger partial charge in [0.25, 0.3) is 0 Å². The molecule has 1 unspecified atom stereocenters. The summed E-state index contributed by atoms with van der Waals surface area (Å²) in [6.07, 6.45) is 7.46. The molecule has 3 nitrogen and oxygen atoms in total. The highest BCUT2D eigenvalue weighted by molar-refractivity contribution is 7.12. The van der Waals surface area contributed by atoms with Crippen molar-refractivity contribution in [1.82, 2.24) is 15.1 Å². The van der Waals surface area contributed by atoms with Gasteiger partial charge in [-0.25, -0.2) is 0 Å². The lowest BCUT2D eigenvalue weighted by Gasteiger charge is -2.16. The molecule has 1 atom stereocenters. The number of hydrogen-bond donors (Lipinski definition) is 1. The van der Waals surface area contributed by atoms with E-state index in [1.807, 2.05) is 29.3 Å². The molecule has 2 aromatic heterocycles. The van der Waals surface area contributed by atoms with Crippen molar-refractivity contribution in [3.63, 3.8) is 0 Å². The van der Waals surface area contributed by atoms with Gasteiger partial charge in [-0.05, 0) is 56.8 Å². The van der Waals surface area contributed by atoms with Gasteiger partial charge in [0, 0.05) is 29.0 Å². The van der Waals surface area contributed by atoms with Gasteiger partial charge in [0.2, 0.25) is 0 Å². The lowest BCUT2D eigenvalue weighted by Crippen LogP contribution is -2.21. The van der Waals surface area contributed by atoms with E-state index in [9.17, 15) is 0 Å². The predicted octanol–water partition coefficient (Wildman–Crippen LogP) is 3.77. The van der Waals surface area contributed by atoms with Crippen LogP contribution in [0.1, 0.15) is 46.7 Å². The van der Waals surface area contributed by atoms with E-state index in [0.29, 0.717) is 6.04 Å². The topological polar surface area (TPSA) is 29.9 Å². The Kier molecular flexibility index (Phi) is 5.38. The summed E-state index contributed by atoms with van der Waals surface area (Å²) in [5, 5.41) is 7.93. The average Bonchev–Trinajstić information content (AvgIpc) is 2.97. The van der Waals surface area contributed by atoms with Crippen LogP contribution in [0.5, 0.6) is 0 Å². The predicted molar refractivity (Wildman–Crippen MR) is 86.4 cm³/mol. The third-order valence-electron chi connectivity index (χ3n) is 3.65. The van der Waals surface area contributed by atoms with Gasteiger partial charge >= 0.3 is 0 Å². The van der Waals surface area contributed by atoms with Crippen LogP contribution < -0.4 is 5.32 Å². The maximum atomic E-state index is 4.25. The fourth-order valence-corrected chi connectivity index (χ4v) is 3.50. The lowest BCUT2D eigenvalue weighted by atomic mass is 10.1. The number of aromatic nitrogens is 2. The molecule has 110 valence electrons. The van der Waals surface area contributed by atoms with E-state index in [-0.39, 0.29) is 0 Å². The molecule has 20 heavy (non-hydrogen) atoms. The number of hydrogen-bond acceptors (Lipinski definition) is 3. The van der Waals surface area contributed by atoms with Gasteiger partial charge in [-0.1, -0.05) is 6.92 Å². The van der Waals surface area contributed by atoms with Crippen LogP contribution in [0, 0.1) is 13.8 Å². The smallest absolute Gasteiger partial charge is 0.0521 e. The van der Waals surface area contributed by atoms with Gasteiger partial charge in [-0.2, -0.15) is 5.10 Å². The van der Waals surface area contributed by atoms with Gasteiger partial charge in [0.1, 0.15) is 0 Å². The summed E-state index contributed by atoms with van der Waals surface area (Å²) < 4.78 is 1.88. The molecule has 0 spiro atoms. The molecule has 0 aromatic carbocycles. The van der Waals surface area contributed by atoms with E-state index in [0.717, 1.165) is 19.4 Å². The highest BCUT2D eigenvalue weighted by Crippen LogP contribution is 2.29. The number of nitrogens with one attached hydrogen (secondary N) is 1. The second-order valence-corrected chi connectivity index (χ2v) is 6.74. The van der Waals surface area contributed by atoms with Gasteiger partial charge in [-0.15, -0.1) is 11.3 Å². The SMILES string of the molecule is CCCNC(CCc1cnn(C)c1)c1cc(C)c(C)s1. The van der Waals surface area contributed by atoms with Gasteiger partial charge in [-0.3, -0.25) is 4.68 Å². The second-order valence-electron chi connectivity index (χ2n) is 5.46. The monoisotopic (exact) mass is 291 g/mol. The maximum Gasteiger partial charge on any atom is 0.0521 e. The molecule has 2 heterocycles. The molecule has 0 bridgehead atoms. The first kappa shape index (κ1) is 15.3. The minimum Gasteiger partial charge on any atom is -0.309 e. The van der Waals surface area contributed by atoms with Gasteiger partial charge in [0.05, 0.1) is 6.20 Å². The largest absolute Gasteiger partial charge is 0.309 e. The van der Waals surface area contributed by atoms with Crippen molar-refractivity contribution in [2.24, 2.45) is 7.05 Å². The van der Waals surface area contributed by atoms with Crippen LogP contribution in [0.4, 0.5) is 0 Å². The molecule has 0 aliphatic rings. The Morgan fingerprint density at radius 1 is 1.40 bits per heavy atom. The summed E-state index contributed by atoms with van der Waals surface area (Å²) in [6.45, 7) is 7.71. The summed E-state index contributed by atoms with van der Waals surface area (Å²) in [5.74, 6) is 0. The summed E-state index contributed by atoms with van der Waals surface area (Å²) in [7, 11) is 1.97. The molecule has 2 rings (SSSR count). The zero-order valence-electron chi connectivity index (χ0n) is 12.9. The van der Waals surface area contributed by atoms with Crippen LogP contribution >= 0.6 is 11.3 Å². The molecular formula is C16H25N3S. The van der Waals surface area contributed by atoms with E-state index in [1.54, 1.807) is 0 Å².